The van der Waals surface area contributed by atoms with Gasteiger partial charge in [-0.15, -0.1) is 0 Å². The van der Waals surface area contributed by atoms with E-state index in [1.54, 1.807) is 29.2 Å². The largest absolute Gasteiger partial charge is 0.410 e. The van der Waals surface area contributed by atoms with E-state index in [4.69, 9.17) is 9.47 Å². The molecule has 0 saturated carbocycles. The summed E-state index contributed by atoms with van der Waals surface area (Å²) in [6.45, 7) is 7.86. The van der Waals surface area contributed by atoms with Crippen molar-refractivity contribution in [3.05, 3.63) is 41.0 Å². The molecule has 8 nitrogen and oxygen atoms in total. The van der Waals surface area contributed by atoms with Crippen molar-refractivity contribution in [2.45, 2.75) is 57.7 Å². The van der Waals surface area contributed by atoms with E-state index in [1.165, 1.54) is 6.92 Å². The number of fused-ring (bicyclic) bond motifs is 2. The van der Waals surface area contributed by atoms with Gasteiger partial charge in [-0.05, 0) is 64.0 Å². The van der Waals surface area contributed by atoms with Gasteiger partial charge in [-0.1, -0.05) is 5.16 Å². The average Bonchev–Trinajstić information content (AvgIpc) is 2.96. The minimum Gasteiger partial charge on any atom is -0.410 e. The number of carbonyl (C=O) groups excluding carboxylic acids is 1. The van der Waals surface area contributed by atoms with E-state index in [2.05, 4.69) is 10.5 Å². The van der Waals surface area contributed by atoms with E-state index in [-0.39, 0.29) is 37.0 Å². The first-order chi connectivity index (χ1) is 15.0. The summed E-state index contributed by atoms with van der Waals surface area (Å²) in [6, 6.07) is 4.92. The highest BCUT2D eigenvalue weighted by molar-refractivity contribution is 6.14. The molecule has 1 amide bonds. The number of benzene rings is 1. The Labute approximate surface area is 186 Å². The first-order valence-electron chi connectivity index (χ1n) is 10.7. The Morgan fingerprint density at radius 3 is 2.84 bits per heavy atom. The lowest BCUT2D eigenvalue weighted by atomic mass is 9.79. The molecule has 2 aliphatic heterocycles. The molecule has 1 saturated heterocycles. The number of allylic oxidation sites excluding steroid dienone is 1. The normalized spacial score (nSPS) is 31.2. The van der Waals surface area contributed by atoms with Crippen LogP contribution in [0, 0.1) is 5.92 Å². The van der Waals surface area contributed by atoms with Crippen LogP contribution in [0.2, 0.25) is 0 Å². The van der Waals surface area contributed by atoms with Crippen molar-refractivity contribution in [1.82, 2.24) is 5.32 Å². The second kappa shape index (κ2) is 8.13. The number of oxime groups is 1. The first kappa shape index (κ1) is 22.7. The summed E-state index contributed by atoms with van der Waals surface area (Å²) < 4.78 is 26.2. The lowest BCUT2D eigenvalue weighted by molar-refractivity contribution is -0.167. The summed E-state index contributed by atoms with van der Waals surface area (Å²) in [5, 5.41) is 26.6. The molecule has 9 heteroatoms. The Kier molecular flexibility index (Phi) is 5.77. The van der Waals surface area contributed by atoms with Crippen LogP contribution in [0.5, 0.6) is 0 Å². The molecule has 0 bridgehead atoms. The van der Waals surface area contributed by atoms with Crippen LogP contribution in [0.3, 0.4) is 0 Å². The van der Waals surface area contributed by atoms with Gasteiger partial charge in [0.2, 0.25) is 0 Å². The smallest absolute Gasteiger partial charge is 0.251 e. The minimum absolute atomic E-state index is 0.0756. The molecule has 2 heterocycles. The van der Waals surface area contributed by atoms with E-state index in [1.807, 2.05) is 20.8 Å². The second-order valence-electron chi connectivity index (χ2n) is 9.96. The van der Waals surface area contributed by atoms with Crippen molar-refractivity contribution in [3.8, 4) is 0 Å². The summed E-state index contributed by atoms with van der Waals surface area (Å²) >= 11 is 0. The maximum absolute atomic E-state index is 15.0. The van der Waals surface area contributed by atoms with Crippen molar-refractivity contribution in [1.29, 1.82) is 0 Å². The zero-order valence-electron chi connectivity index (χ0n) is 18.8. The van der Waals surface area contributed by atoms with Crippen molar-refractivity contribution < 1.29 is 29.0 Å². The standard InChI is InChI=1S/C23H30FN3O5/c1-22(2,3)25-20(28)13-5-6-16-17(7-13)27(21(29)18(16)26-30)10-14-8-23(4,24)9-15-11-31-12-32-19(14)15/h5-8,15,19,21,29-30H,9-12H2,1-4H3,(H,25,28)/b26-18-. The van der Waals surface area contributed by atoms with Crippen LogP contribution in [0.1, 0.15) is 50.0 Å². The summed E-state index contributed by atoms with van der Waals surface area (Å²) in [7, 11) is 0. The SMILES string of the molecule is CC1(F)C=C(CN2c3cc(C(=O)NC(C)(C)C)ccc3/C(=N/O)C2O)C2OCOCC2C1. The maximum Gasteiger partial charge on any atom is 0.251 e. The number of rotatable bonds is 3. The molecule has 3 N–H and O–H groups in total. The maximum atomic E-state index is 15.0. The number of nitrogens with one attached hydrogen (secondary N) is 1. The molecule has 0 aromatic heterocycles. The number of halogens is 1. The molecule has 174 valence electrons. The zero-order chi connectivity index (χ0) is 23.3. The van der Waals surface area contributed by atoms with Crippen LogP contribution in [-0.4, -0.2) is 65.4 Å². The zero-order valence-corrected chi connectivity index (χ0v) is 18.8. The molecule has 0 spiro atoms. The number of carbonyl (C=O) groups is 1. The number of alkyl halides is 1. The third-order valence-electron chi connectivity index (χ3n) is 5.94. The average molecular weight is 448 g/mol. The van der Waals surface area contributed by atoms with Crippen molar-refractivity contribution in [2.24, 2.45) is 11.1 Å². The van der Waals surface area contributed by atoms with Gasteiger partial charge in [0.25, 0.3) is 5.91 Å². The predicted octanol–water partition coefficient (Wildman–Crippen LogP) is 2.58. The fourth-order valence-corrected chi connectivity index (χ4v) is 4.73. The Morgan fingerprint density at radius 1 is 1.41 bits per heavy atom. The van der Waals surface area contributed by atoms with E-state index in [9.17, 15) is 15.1 Å². The fraction of sp³-hybridized carbons (Fsp3) is 0.565. The molecule has 4 atom stereocenters. The van der Waals surface area contributed by atoms with Gasteiger partial charge in [0.1, 0.15) is 18.2 Å². The molecule has 32 heavy (non-hydrogen) atoms. The van der Waals surface area contributed by atoms with E-state index in [0.29, 0.717) is 35.4 Å². The van der Waals surface area contributed by atoms with Gasteiger partial charge >= 0.3 is 0 Å². The van der Waals surface area contributed by atoms with Crippen molar-refractivity contribution in [3.63, 3.8) is 0 Å². The molecule has 1 aromatic rings. The quantitative estimate of drug-likeness (QED) is 0.374. The number of anilines is 1. The Bertz CT molecular complexity index is 969. The van der Waals surface area contributed by atoms with Gasteiger partial charge in [-0.25, -0.2) is 4.39 Å². The fourth-order valence-electron chi connectivity index (χ4n) is 4.73. The van der Waals surface area contributed by atoms with Crippen LogP contribution < -0.4 is 10.2 Å². The van der Waals surface area contributed by atoms with Crippen molar-refractivity contribution >= 4 is 17.3 Å². The number of hydrogen-bond acceptors (Lipinski definition) is 7. The van der Waals surface area contributed by atoms with Crippen molar-refractivity contribution in [2.75, 3.05) is 24.8 Å². The van der Waals surface area contributed by atoms with Crippen LogP contribution in [0.25, 0.3) is 0 Å². The molecule has 1 aliphatic carbocycles. The molecule has 4 unspecified atom stereocenters. The molecule has 3 aliphatic rings. The number of aliphatic hydroxyl groups excluding tert-OH is 1. The van der Waals surface area contributed by atoms with Crippen LogP contribution in [0.15, 0.2) is 35.0 Å². The number of nitrogens with zero attached hydrogens (tertiary/aromatic N) is 2. The highest BCUT2D eigenvalue weighted by atomic mass is 19.1. The monoisotopic (exact) mass is 447 g/mol. The van der Waals surface area contributed by atoms with E-state index in [0.717, 1.165) is 0 Å². The molecule has 0 radical (unpaired) electrons. The highest BCUT2D eigenvalue weighted by Crippen LogP contribution is 2.40. The number of aliphatic hydroxyl groups is 1. The lowest BCUT2D eigenvalue weighted by Crippen LogP contribution is -2.47. The topological polar surface area (TPSA) is 104 Å². The Morgan fingerprint density at radius 2 is 2.16 bits per heavy atom. The van der Waals surface area contributed by atoms with E-state index < -0.39 is 17.4 Å². The lowest BCUT2D eigenvalue weighted by Gasteiger charge is -2.41. The van der Waals surface area contributed by atoms with Gasteiger partial charge < -0.3 is 30.0 Å². The molecule has 4 rings (SSSR count). The third-order valence-corrected chi connectivity index (χ3v) is 5.94. The van der Waals surface area contributed by atoms with Gasteiger partial charge in [-0.2, -0.15) is 0 Å². The van der Waals surface area contributed by atoms with Crippen LogP contribution in [-0.2, 0) is 9.47 Å². The second-order valence-corrected chi connectivity index (χ2v) is 9.96. The summed E-state index contributed by atoms with van der Waals surface area (Å²) in [6.07, 6.45) is 0.269. The number of hydrogen-bond donors (Lipinski definition) is 3. The van der Waals surface area contributed by atoms with Gasteiger partial charge in [0.05, 0.1) is 12.7 Å². The highest BCUT2D eigenvalue weighted by Gasteiger charge is 2.43. The van der Waals surface area contributed by atoms with Gasteiger partial charge in [-0.3, -0.25) is 4.79 Å². The summed E-state index contributed by atoms with van der Waals surface area (Å²) in [5.74, 6) is -0.391. The van der Waals surface area contributed by atoms with Gasteiger partial charge in [0, 0.05) is 34.8 Å². The molecule has 1 aromatic carbocycles. The third kappa shape index (κ3) is 4.37. The molecule has 1 fully saturated rings. The predicted molar refractivity (Wildman–Crippen MR) is 117 cm³/mol. The van der Waals surface area contributed by atoms with Gasteiger partial charge in [0.15, 0.2) is 6.23 Å². The molecular weight excluding hydrogens is 417 g/mol. The summed E-state index contributed by atoms with van der Waals surface area (Å²) in [5.41, 5.74) is 0.258. The molecular formula is C23H30FN3O5. The minimum atomic E-state index is -1.53. The Balaban J connectivity index is 1.69. The first-order valence-corrected chi connectivity index (χ1v) is 10.7. The number of ether oxygens (including phenoxy) is 2. The van der Waals surface area contributed by atoms with Crippen LogP contribution in [0.4, 0.5) is 10.1 Å². The summed E-state index contributed by atoms with van der Waals surface area (Å²) in [4.78, 5) is 14.3. The number of amides is 1. The van der Waals surface area contributed by atoms with Crippen LogP contribution >= 0.6 is 0 Å². The Hall–Kier alpha value is -2.49. The van der Waals surface area contributed by atoms with E-state index >= 15 is 4.39 Å².